The number of ether oxygens (including phenoxy) is 4. The van der Waals surface area contributed by atoms with Crippen LogP contribution in [0.4, 0.5) is 0 Å². The Morgan fingerprint density at radius 1 is 0.963 bits per heavy atom. The van der Waals surface area contributed by atoms with E-state index in [1.165, 1.54) is 40.4 Å². The van der Waals surface area contributed by atoms with Crippen molar-refractivity contribution in [3.05, 3.63) is 52.6 Å². The van der Waals surface area contributed by atoms with E-state index in [-0.39, 0.29) is 29.3 Å². The van der Waals surface area contributed by atoms with Gasteiger partial charge in [0.15, 0.2) is 23.6 Å². The molecule has 7 nitrogen and oxygen atoms in total. The van der Waals surface area contributed by atoms with E-state index in [1.54, 1.807) is 18.2 Å². The van der Waals surface area contributed by atoms with Crippen LogP contribution >= 0.6 is 0 Å². The molecular formula is C20H20O7. The number of hydrogen-bond acceptors (Lipinski definition) is 7. The van der Waals surface area contributed by atoms with Gasteiger partial charge in [0.2, 0.25) is 0 Å². The third kappa shape index (κ3) is 4.25. The summed E-state index contributed by atoms with van der Waals surface area (Å²) in [4.78, 5) is 35.5. The zero-order valence-corrected chi connectivity index (χ0v) is 15.5. The molecule has 0 atom stereocenters. The molecule has 0 saturated heterocycles. The number of aldehydes is 1. The summed E-state index contributed by atoms with van der Waals surface area (Å²) in [6, 6.07) is 7.82. The minimum Gasteiger partial charge on any atom is -0.496 e. The van der Waals surface area contributed by atoms with Crippen molar-refractivity contribution in [2.45, 2.75) is 13.5 Å². The molecule has 0 aromatic heterocycles. The van der Waals surface area contributed by atoms with Crippen LogP contribution in [0.5, 0.6) is 17.2 Å². The lowest BCUT2D eigenvalue weighted by molar-refractivity contribution is 0.0463. The zero-order valence-electron chi connectivity index (χ0n) is 15.5. The van der Waals surface area contributed by atoms with E-state index in [0.29, 0.717) is 28.9 Å². The lowest BCUT2D eigenvalue weighted by Gasteiger charge is -2.15. The Labute approximate surface area is 156 Å². The van der Waals surface area contributed by atoms with E-state index in [1.807, 2.05) is 0 Å². The molecule has 0 spiro atoms. The van der Waals surface area contributed by atoms with Crippen molar-refractivity contribution >= 4 is 18.0 Å². The first kappa shape index (κ1) is 20.0. The van der Waals surface area contributed by atoms with Gasteiger partial charge in [0, 0.05) is 16.7 Å². The highest BCUT2D eigenvalue weighted by molar-refractivity contribution is 6.01. The molecule has 0 bridgehead atoms. The van der Waals surface area contributed by atoms with Crippen molar-refractivity contribution in [1.29, 1.82) is 0 Å². The predicted molar refractivity (Wildman–Crippen MR) is 97.1 cm³/mol. The zero-order chi connectivity index (χ0) is 20.0. The van der Waals surface area contributed by atoms with Crippen molar-refractivity contribution in [3.63, 3.8) is 0 Å². The SMILES string of the molecule is COc1ccc(C(C)=O)cc1COC(=O)c1c(C=O)ccc(OC)c1OC. The van der Waals surface area contributed by atoms with Gasteiger partial charge in [-0.3, -0.25) is 9.59 Å². The maximum Gasteiger partial charge on any atom is 0.343 e. The lowest BCUT2D eigenvalue weighted by atomic mass is 10.1. The minimum atomic E-state index is -0.761. The van der Waals surface area contributed by atoms with E-state index < -0.39 is 5.97 Å². The van der Waals surface area contributed by atoms with Crippen molar-refractivity contribution in [2.75, 3.05) is 21.3 Å². The number of carbonyl (C=O) groups excluding carboxylic acids is 3. The van der Waals surface area contributed by atoms with Crippen molar-refractivity contribution in [3.8, 4) is 17.2 Å². The van der Waals surface area contributed by atoms with Gasteiger partial charge >= 0.3 is 5.97 Å². The van der Waals surface area contributed by atoms with Crippen LogP contribution in [0.3, 0.4) is 0 Å². The number of carbonyl (C=O) groups is 3. The Morgan fingerprint density at radius 3 is 2.19 bits per heavy atom. The molecule has 2 aromatic rings. The number of hydrogen-bond donors (Lipinski definition) is 0. The highest BCUT2D eigenvalue weighted by Gasteiger charge is 2.23. The summed E-state index contributed by atoms with van der Waals surface area (Å²) in [6.07, 6.45) is 0.537. The van der Waals surface area contributed by atoms with Crippen LogP contribution in [-0.2, 0) is 11.3 Å². The second-order valence-electron chi connectivity index (χ2n) is 5.54. The highest BCUT2D eigenvalue weighted by atomic mass is 16.5. The van der Waals surface area contributed by atoms with Crippen molar-refractivity contribution in [1.82, 2.24) is 0 Å². The second-order valence-corrected chi connectivity index (χ2v) is 5.54. The summed E-state index contributed by atoms with van der Waals surface area (Å²) in [5.74, 6) is -0.00477. The maximum atomic E-state index is 12.6. The van der Waals surface area contributed by atoms with Gasteiger partial charge in [0.05, 0.1) is 21.3 Å². The van der Waals surface area contributed by atoms with Crippen LogP contribution in [0.1, 0.15) is 43.6 Å². The number of esters is 1. The third-order valence-corrected chi connectivity index (χ3v) is 3.95. The fourth-order valence-corrected chi connectivity index (χ4v) is 2.58. The van der Waals surface area contributed by atoms with Crippen molar-refractivity contribution in [2.24, 2.45) is 0 Å². The van der Waals surface area contributed by atoms with Gasteiger partial charge in [0.25, 0.3) is 0 Å². The Hall–Kier alpha value is -3.35. The molecule has 0 aliphatic heterocycles. The van der Waals surface area contributed by atoms with E-state index in [4.69, 9.17) is 18.9 Å². The largest absolute Gasteiger partial charge is 0.496 e. The number of rotatable bonds is 8. The van der Waals surface area contributed by atoms with Crippen LogP contribution < -0.4 is 14.2 Å². The van der Waals surface area contributed by atoms with Gasteiger partial charge in [-0.1, -0.05) is 0 Å². The monoisotopic (exact) mass is 372 g/mol. The summed E-state index contributed by atoms with van der Waals surface area (Å²) in [6.45, 7) is 1.29. The number of Topliss-reactive ketones (excluding diaryl/α,β-unsaturated/α-hetero) is 1. The Bertz CT molecular complexity index is 871. The molecule has 0 heterocycles. The first-order chi connectivity index (χ1) is 13.0. The molecule has 0 fully saturated rings. The molecule has 0 unspecified atom stereocenters. The molecule has 0 N–H and O–H groups in total. The standard InChI is InChI=1S/C20H20O7/c1-12(22)13-5-7-16(24-2)15(9-13)11-27-20(23)18-14(10-21)6-8-17(25-3)19(18)26-4/h5-10H,11H2,1-4H3. The fraction of sp³-hybridized carbons (Fsp3) is 0.250. The Morgan fingerprint density at radius 2 is 1.63 bits per heavy atom. The van der Waals surface area contributed by atoms with Crippen LogP contribution in [0, 0.1) is 0 Å². The smallest absolute Gasteiger partial charge is 0.343 e. The molecule has 142 valence electrons. The Kier molecular flexibility index (Phi) is 6.54. The molecule has 0 saturated carbocycles. The molecule has 2 aromatic carbocycles. The van der Waals surface area contributed by atoms with Gasteiger partial charge in [-0.15, -0.1) is 0 Å². The summed E-state index contributed by atoms with van der Waals surface area (Å²) in [5, 5.41) is 0. The maximum absolute atomic E-state index is 12.6. The number of ketones is 1. The molecule has 0 radical (unpaired) electrons. The summed E-state index contributed by atoms with van der Waals surface area (Å²) in [7, 11) is 4.26. The normalized spacial score (nSPS) is 10.1. The molecule has 0 aliphatic carbocycles. The van der Waals surface area contributed by atoms with Crippen LogP contribution in [0.25, 0.3) is 0 Å². The van der Waals surface area contributed by atoms with Gasteiger partial charge < -0.3 is 18.9 Å². The fourth-order valence-electron chi connectivity index (χ4n) is 2.58. The second kappa shape index (κ2) is 8.84. The molecule has 7 heteroatoms. The quantitative estimate of drug-likeness (QED) is 0.400. The number of benzene rings is 2. The van der Waals surface area contributed by atoms with E-state index in [0.717, 1.165) is 0 Å². The van der Waals surface area contributed by atoms with Gasteiger partial charge in [-0.25, -0.2) is 4.79 Å². The minimum absolute atomic E-state index is 0.0338. The first-order valence-corrected chi connectivity index (χ1v) is 8.01. The molecule has 2 rings (SSSR count). The van der Waals surface area contributed by atoms with Gasteiger partial charge in [0.1, 0.15) is 17.9 Å². The van der Waals surface area contributed by atoms with E-state index in [2.05, 4.69) is 0 Å². The molecule has 0 amide bonds. The lowest BCUT2D eigenvalue weighted by Crippen LogP contribution is -2.12. The molecule has 27 heavy (non-hydrogen) atoms. The first-order valence-electron chi connectivity index (χ1n) is 8.01. The predicted octanol–water partition coefficient (Wildman–Crippen LogP) is 3.08. The van der Waals surface area contributed by atoms with Crippen molar-refractivity contribution < 1.29 is 33.3 Å². The Balaban J connectivity index is 2.35. The molecular weight excluding hydrogens is 352 g/mol. The van der Waals surface area contributed by atoms with Crippen LogP contribution in [0.15, 0.2) is 30.3 Å². The van der Waals surface area contributed by atoms with Gasteiger partial charge in [-0.2, -0.15) is 0 Å². The van der Waals surface area contributed by atoms with Crippen LogP contribution in [-0.4, -0.2) is 39.4 Å². The highest BCUT2D eigenvalue weighted by Crippen LogP contribution is 2.34. The van der Waals surface area contributed by atoms with Crippen LogP contribution in [0.2, 0.25) is 0 Å². The summed E-state index contributed by atoms with van der Waals surface area (Å²) >= 11 is 0. The number of methoxy groups -OCH3 is 3. The summed E-state index contributed by atoms with van der Waals surface area (Å²) in [5.41, 5.74) is 1.07. The average molecular weight is 372 g/mol. The van der Waals surface area contributed by atoms with E-state index >= 15 is 0 Å². The third-order valence-electron chi connectivity index (χ3n) is 3.95. The average Bonchev–Trinajstić information content (AvgIpc) is 2.70. The van der Waals surface area contributed by atoms with Gasteiger partial charge in [-0.05, 0) is 37.3 Å². The summed E-state index contributed by atoms with van der Waals surface area (Å²) < 4.78 is 21.0. The topological polar surface area (TPSA) is 88.1 Å². The molecule has 0 aliphatic rings. The van der Waals surface area contributed by atoms with E-state index in [9.17, 15) is 14.4 Å².